The lowest BCUT2D eigenvalue weighted by molar-refractivity contribution is 0.187. The first-order valence-corrected chi connectivity index (χ1v) is 9.74. The normalized spacial score (nSPS) is 15.9. The van der Waals surface area contributed by atoms with Crippen LogP contribution in [-0.4, -0.2) is 30.1 Å². The molecular formula is C21H24BrN3O. The summed E-state index contributed by atoms with van der Waals surface area (Å²) in [5.74, 6) is 0. The Bertz CT molecular complexity index is 740. The van der Waals surface area contributed by atoms with Crippen LogP contribution >= 0.6 is 15.9 Å². The van der Waals surface area contributed by atoms with Gasteiger partial charge < -0.3 is 10.6 Å². The Morgan fingerprint density at radius 2 is 1.77 bits per heavy atom. The Balaban J connectivity index is 1.39. The zero-order chi connectivity index (χ0) is 18.2. The van der Waals surface area contributed by atoms with E-state index >= 15 is 0 Å². The van der Waals surface area contributed by atoms with Crippen molar-refractivity contribution in [2.24, 2.45) is 0 Å². The van der Waals surface area contributed by atoms with Gasteiger partial charge >= 0.3 is 6.03 Å². The van der Waals surface area contributed by atoms with Gasteiger partial charge in [-0.05, 0) is 36.1 Å². The van der Waals surface area contributed by atoms with Gasteiger partial charge in [0.2, 0.25) is 0 Å². The van der Waals surface area contributed by atoms with Crippen LogP contribution in [0.15, 0.2) is 65.3 Å². The van der Waals surface area contributed by atoms with Crippen LogP contribution < -0.4 is 10.6 Å². The maximum atomic E-state index is 12.1. The lowest BCUT2D eigenvalue weighted by Gasteiger charge is -2.32. The number of urea groups is 1. The van der Waals surface area contributed by atoms with Crippen molar-refractivity contribution in [1.82, 2.24) is 15.5 Å². The van der Waals surface area contributed by atoms with Crippen LogP contribution in [-0.2, 0) is 6.54 Å². The Kier molecular flexibility index (Phi) is 6.86. The van der Waals surface area contributed by atoms with Crippen LogP contribution in [0.5, 0.6) is 0 Å². The third kappa shape index (κ3) is 5.71. The van der Waals surface area contributed by atoms with Gasteiger partial charge in [-0.1, -0.05) is 64.5 Å². The van der Waals surface area contributed by atoms with E-state index in [4.69, 9.17) is 0 Å². The highest BCUT2D eigenvalue weighted by Crippen LogP contribution is 2.17. The summed E-state index contributed by atoms with van der Waals surface area (Å²) in [7, 11) is 0. The van der Waals surface area contributed by atoms with E-state index in [0.29, 0.717) is 0 Å². The summed E-state index contributed by atoms with van der Waals surface area (Å²) in [6, 6.07) is 18.5. The predicted octanol–water partition coefficient (Wildman–Crippen LogP) is 4.38. The molecule has 5 heteroatoms. The maximum absolute atomic E-state index is 12.1. The quantitative estimate of drug-likeness (QED) is 0.763. The van der Waals surface area contributed by atoms with Crippen LogP contribution in [0.25, 0.3) is 6.08 Å². The average molecular weight is 414 g/mol. The minimum absolute atomic E-state index is 0.144. The van der Waals surface area contributed by atoms with Crippen molar-refractivity contribution in [3.63, 3.8) is 0 Å². The van der Waals surface area contributed by atoms with Crippen molar-refractivity contribution in [2.75, 3.05) is 13.1 Å². The Labute approximate surface area is 163 Å². The van der Waals surface area contributed by atoms with Gasteiger partial charge in [0.25, 0.3) is 0 Å². The summed E-state index contributed by atoms with van der Waals surface area (Å²) in [5.41, 5.74) is 2.37. The number of likely N-dealkylation sites (tertiary alicyclic amines) is 1. The first-order valence-electron chi connectivity index (χ1n) is 8.95. The molecule has 4 nitrogen and oxygen atoms in total. The molecule has 136 valence electrons. The zero-order valence-electron chi connectivity index (χ0n) is 14.7. The zero-order valence-corrected chi connectivity index (χ0v) is 16.3. The fourth-order valence-electron chi connectivity index (χ4n) is 3.12. The molecule has 2 N–H and O–H groups in total. The number of carbonyl (C=O) groups is 1. The number of nitrogens with zero attached hydrogens (tertiary/aromatic N) is 1. The van der Waals surface area contributed by atoms with Crippen LogP contribution in [0.4, 0.5) is 4.79 Å². The molecule has 0 bridgehead atoms. The first-order chi connectivity index (χ1) is 12.7. The average Bonchev–Trinajstić information content (AvgIpc) is 2.66. The molecule has 1 aliphatic rings. The number of hydrogen-bond donors (Lipinski definition) is 2. The molecule has 0 aromatic heterocycles. The molecule has 1 aliphatic heterocycles. The number of hydrogen-bond acceptors (Lipinski definition) is 2. The van der Waals surface area contributed by atoms with Gasteiger partial charge in [0.1, 0.15) is 0 Å². The second-order valence-corrected chi connectivity index (χ2v) is 7.36. The summed E-state index contributed by atoms with van der Waals surface area (Å²) in [6.07, 6.45) is 5.52. The fraction of sp³-hybridized carbons (Fsp3) is 0.286. The van der Waals surface area contributed by atoms with Crippen LogP contribution in [0.1, 0.15) is 24.0 Å². The van der Waals surface area contributed by atoms with Crippen LogP contribution in [0.3, 0.4) is 0 Å². The minimum Gasteiger partial charge on any atom is -0.335 e. The largest absolute Gasteiger partial charge is 0.335 e. The molecule has 0 saturated carbocycles. The van der Waals surface area contributed by atoms with E-state index in [-0.39, 0.29) is 12.1 Å². The number of rotatable bonds is 5. The van der Waals surface area contributed by atoms with Crippen molar-refractivity contribution in [1.29, 1.82) is 0 Å². The maximum Gasteiger partial charge on any atom is 0.318 e. The van der Waals surface area contributed by atoms with E-state index in [2.05, 4.69) is 55.7 Å². The van der Waals surface area contributed by atoms with Crippen molar-refractivity contribution in [3.05, 3.63) is 76.4 Å². The molecule has 1 saturated heterocycles. The van der Waals surface area contributed by atoms with E-state index in [9.17, 15) is 4.79 Å². The second-order valence-electron chi connectivity index (χ2n) is 6.51. The molecule has 0 radical (unpaired) electrons. The van der Waals surface area contributed by atoms with E-state index in [0.717, 1.165) is 42.5 Å². The van der Waals surface area contributed by atoms with Crippen molar-refractivity contribution in [3.8, 4) is 0 Å². The third-order valence-electron chi connectivity index (χ3n) is 4.55. The Morgan fingerprint density at radius 1 is 1.08 bits per heavy atom. The highest BCUT2D eigenvalue weighted by Gasteiger charge is 2.20. The minimum atomic E-state index is -0.144. The number of halogens is 1. The first kappa shape index (κ1) is 18.7. The smallest absolute Gasteiger partial charge is 0.318 e. The lowest BCUT2D eigenvalue weighted by Crippen LogP contribution is -2.46. The van der Waals surface area contributed by atoms with Gasteiger partial charge in [-0.25, -0.2) is 4.79 Å². The fourth-order valence-corrected chi connectivity index (χ4v) is 3.54. The summed E-state index contributed by atoms with van der Waals surface area (Å²) < 4.78 is 1.00. The van der Waals surface area contributed by atoms with Gasteiger partial charge in [0.05, 0.1) is 0 Å². The molecule has 1 heterocycles. The molecule has 0 aliphatic carbocycles. The molecule has 0 spiro atoms. The monoisotopic (exact) mass is 413 g/mol. The second kappa shape index (κ2) is 9.55. The van der Waals surface area contributed by atoms with E-state index in [1.165, 1.54) is 5.56 Å². The molecule has 3 rings (SSSR count). The Morgan fingerprint density at radius 3 is 2.50 bits per heavy atom. The molecule has 26 heavy (non-hydrogen) atoms. The number of nitrogens with one attached hydrogen (secondary N) is 2. The van der Waals surface area contributed by atoms with Gasteiger partial charge in [-0.15, -0.1) is 0 Å². The molecule has 0 atom stereocenters. The topological polar surface area (TPSA) is 44.4 Å². The molecule has 1 fully saturated rings. The number of piperidine rings is 1. The SMILES string of the molecule is O=C(N/C=C/c1ccccc1Br)NC1CCN(Cc2ccccc2)CC1. The van der Waals surface area contributed by atoms with Crippen LogP contribution in [0, 0.1) is 0 Å². The Hall–Kier alpha value is -2.11. The van der Waals surface area contributed by atoms with Crippen LogP contribution in [0.2, 0.25) is 0 Å². The third-order valence-corrected chi connectivity index (χ3v) is 5.28. The molecule has 2 aromatic carbocycles. The summed E-state index contributed by atoms with van der Waals surface area (Å²) >= 11 is 3.49. The number of benzene rings is 2. The van der Waals surface area contributed by atoms with Gasteiger partial charge in [-0.3, -0.25) is 4.90 Å². The molecular weight excluding hydrogens is 390 g/mol. The molecule has 2 amide bonds. The van der Waals surface area contributed by atoms with Gasteiger partial charge in [-0.2, -0.15) is 0 Å². The predicted molar refractivity (Wildman–Crippen MR) is 110 cm³/mol. The summed E-state index contributed by atoms with van der Waals surface area (Å²) in [6.45, 7) is 2.99. The lowest BCUT2D eigenvalue weighted by atomic mass is 10.0. The standard InChI is InChI=1S/C21H24BrN3O/c22-20-9-5-4-8-18(20)10-13-23-21(26)24-19-11-14-25(15-12-19)16-17-6-2-1-3-7-17/h1-10,13,19H,11-12,14-16H2,(H2,23,24,26)/b13-10+. The van der Waals surface area contributed by atoms with Gasteiger partial charge in [0, 0.05) is 36.3 Å². The number of carbonyl (C=O) groups excluding carboxylic acids is 1. The van der Waals surface area contributed by atoms with Crippen molar-refractivity contribution in [2.45, 2.75) is 25.4 Å². The van der Waals surface area contributed by atoms with E-state index in [1.807, 2.05) is 36.4 Å². The highest BCUT2D eigenvalue weighted by atomic mass is 79.9. The van der Waals surface area contributed by atoms with Crippen molar-refractivity contribution < 1.29 is 4.79 Å². The van der Waals surface area contributed by atoms with E-state index in [1.54, 1.807) is 6.20 Å². The number of amides is 2. The van der Waals surface area contributed by atoms with Gasteiger partial charge in [0.15, 0.2) is 0 Å². The highest BCUT2D eigenvalue weighted by molar-refractivity contribution is 9.10. The van der Waals surface area contributed by atoms with Crippen molar-refractivity contribution >= 4 is 28.0 Å². The molecule has 0 unspecified atom stereocenters. The summed E-state index contributed by atoms with van der Waals surface area (Å²) in [5, 5.41) is 5.86. The summed E-state index contributed by atoms with van der Waals surface area (Å²) in [4.78, 5) is 14.5. The van der Waals surface area contributed by atoms with E-state index < -0.39 is 0 Å². The molecule has 2 aromatic rings.